The van der Waals surface area contributed by atoms with Crippen LogP contribution in [0.3, 0.4) is 0 Å². The smallest absolute Gasteiger partial charge is 0.224 e. The van der Waals surface area contributed by atoms with Gasteiger partial charge in [0.15, 0.2) is 11.5 Å². The van der Waals surface area contributed by atoms with Crippen LogP contribution in [0.4, 0.5) is 5.69 Å². The van der Waals surface area contributed by atoms with Crippen LogP contribution in [-0.2, 0) is 11.2 Å². The molecular formula is C20H20N2O3S. The van der Waals surface area contributed by atoms with E-state index in [0.717, 1.165) is 21.8 Å². The molecule has 1 N–H and O–H groups in total. The van der Waals surface area contributed by atoms with Gasteiger partial charge >= 0.3 is 0 Å². The zero-order valence-corrected chi connectivity index (χ0v) is 15.5. The van der Waals surface area contributed by atoms with Crippen LogP contribution in [0.1, 0.15) is 12.0 Å². The second-order valence-corrected chi connectivity index (χ2v) is 6.55. The normalized spacial score (nSPS) is 10.4. The molecule has 0 fully saturated rings. The predicted octanol–water partition coefficient (Wildman–Crippen LogP) is 4.40. The lowest BCUT2D eigenvalue weighted by molar-refractivity contribution is -0.116. The molecule has 3 rings (SSSR count). The van der Waals surface area contributed by atoms with Gasteiger partial charge in [-0.15, -0.1) is 11.3 Å². The first kappa shape index (κ1) is 17.9. The van der Waals surface area contributed by atoms with E-state index >= 15 is 0 Å². The van der Waals surface area contributed by atoms with Crippen molar-refractivity contribution in [3.8, 4) is 22.1 Å². The summed E-state index contributed by atoms with van der Waals surface area (Å²) in [6, 6.07) is 13.4. The maximum Gasteiger partial charge on any atom is 0.224 e. The van der Waals surface area contributed by atoms with Crippen molar-refractivity contribution in [2.24, 2.45) is 0 Å². The number of rotatable bonds is 7. The highest BCUT2D eigenvalue weighted by Crippen LogP contribution is 2.28. The molecule has 2 aromatic carbocycles. The second kappa shape index (κ2) is 8.49. The molecular weight excluding hydrogens is 348 g/mol. The summed E-state index contributed by atoms with van der Waals surface area (Å²) >= 11 is 1.59. The molecule has 6 heteroatoms. The Kier molecular flexibility index (Phi) is 5.86. The lowest BCUT2D eigenvalue weighted by Gasteiger charge is -2.10. The van der Waals surface area contributed by atoms with Gasteiger partial charge in [0.1, 0.15) is 5.01 Å². The van der Waals surface area contributed by atoms with Gasteiger partial charge in [-0.3, -0.25) is 4.79 Å². The molecule has 1 heterocycles. The molecule has 134 valence electrons. The van der Waals surface area contributed by atoms with E-state index in [1.54, 1.807) is 31.8 Å². The third-order valence-electron chi connectivity index (χ3n) is 3.94. The van der Waals surface area contributed by atoms with E-state index in [-0.39, 0.29) is 5.91 Å². The standard InChI is InChI=1S/C20H20N2O3S/c1-24-17-9-3-14(13-18(17)25-2)4-10-19(23)22-16-7-5-15(6-8-16)20-21-11-12-26-20/h3,5-9,11-13H,4,10H2,1-2H3,(H,22,23). The summed E-state index contributed by atoms with van der Waals surface area (Å²) in [7, 11) is 3.20. The van der Waals surface area contributed by atoms with Crippen molar-refractivity contribution in [3.63, 3.8) is 0 Å². The molecule has 0 spiro atoms. The lowest BCUT2D eigenvalue weighted by Crippen LogP contribution is -2.12. The molecule has 0 unspecified atom stereocenters. The quantitative estimate of drug-likeness (QED) is 0.671. The Hall–Kier alpha value is -2.86. The van der Waals surface area contributed by atoms with E-state index in [2.05, 4.69) is 10.3 Å². The fourth-order valence-electron chi connectivity index (χ4n) is 2.58. The van der Waals surface area contributed by atoms with E-state index in [0.29, 0.717) is 24.3 Å². The van der Waals surface area contributed by atoms with Crippen molar-refractivity contribution in [2.45, 2.75) is 12.8 Å². The Morgan fingerprint density at radius 3 is 2.50 bits per heavy atom. The van der Waals surface area contributed by atoms with Crippen LogP contribution in [0.25, 0.3) is 10.6 Å². The minimum atomic E-state index is -0.0261. The monoisotopic (exact) mass is 368 g/mol. The van der Waals surface area contributed by atoms with Crippen LogP contribution in [0.2, 0.25) is 0 Å². The Morgan fingerprint density at radius 2 is 1.85 bits per heavy atom. The summed E-state index contributed by atoms with van der Waals surface area (Å²) in [6.45, 7) is 0. The molecule has 0 saturated carbocycles. The molecule has 26 heavy (non-hydrogen) atoms. The third kappa shape index (κ3) is 4.40. The largest absolute Gasteiger partial charge is 0.493 e. The van der Waals surface area contributed by atoms with Gasteiger partial charge in [0, 0.05) is 29.2 Å². The van der Waals surface area contributed by atoms with Gasteiger partial charge in [-0.2, -0.15) is 0 Å². The Morgan fingerprint density at radius 1 is 1.08 bits per heavy atom. The summed E-state index contributed by atoms with van der Waals surface area (Å²) in [5.74, 6) is 1.32. The molecule has 3 aromatic rings. The molecule has 0 aliphatic rings. The van der Waals surface area contributed by atoms with Gasteiger partial charge in [0.2, 0.25) is 5.91 Å². The fraction of sp³-hybridized carbons (Fsp3) is 0.200. The second-order valence-electron chi connectivity index (χ2n) is 5.65. The summed E-state index contributed by atoms with van der Waals surface area (Å²) in [5, 5.41) is 5.84. The number of amides is 1. The van der Waals surface area contributed by atoms with Gasteiger partial charge in [0.05, 0.1) is 14.2 Å². The topological polar surface area (TPSA) is 60.5 Å². The number of ether oxygens (including phenoxy) is 2. The van der Waals surface area contributed by atoms with Gasteiger partial charge in [-0.1, -0.05) is 6.07 Å². The molecule has 0 bridgehead atoms. The van der Waals surface area contributed by atoms with Crippen LogP contribution >= 0.6 is 11.3 Å². The number of nitrogens with one attached hydrogen (secondary N) is 1. The molecule has 0 saturated heterocycles. The van der Waals surface area contributed by atoms with Gasteiger partial charge in [-0.05, 0) is 48.4 Å². The summed E-state index contributed by atoms with van der Waals surface area (Å²) in [6.07, 6.45) is 2.80. The maximum atomic E-state index is 12.2. The maximum absolute atomic E-state index is 12.2. The number of carbonyl (C=O) groups is 1. The number of methoxy groups -OCH3 is 2. The number of benzene rings is 2. The SMILES string of the molecule is COc1ccc(CCC(=O)Nc2ccc(-c3nccs3)cc2)cc1OC. The molecule has 0 radical (unpaired) electrons. The number of anilines is 1. The highest BCUT2D eigenvalue weighted by molar-refractivity contribution is 7.13. The van der Waals surface area contributed by atoms with E-state index < -0.39 is 0 Å². The number of hydrogen-bond acceptors (Lipinski definition) is 5. The minimum Gasteiger partial charge on any atom is -0.493 e. The average Bonchev–Trinajstić information content (AvgIpc) is 3.21. The Balaban J connectivity index is 1.56. The number of hydrogen-bond donors (Lipinski definition) is 1. The molecule has 1 amide bonds. The van der Waals surface area contributed by atoms with Gasteiger partial charge in [-0.25, -0.2) is 4.98 Å². The van der Waals surface area contributed by atoms with Gasteiger partial charge < -0.3 is 14.8 Å². The predicted molar refractivity (Wildman–Crippen MR) is 104 cm³/mol. The Labute approximate surface area is 156 Å². The minimum absolute atomic E-state index is 0.0261. The summed E-state index contributed by atoms with van der Waals surface area (Å²) in [5.41, 5.74) is 2.85. The Bertz CT molecular complexity index is 861. The number of carbonyl (C=O) groups excluding carboxylic acids is 1. The zero-order valence-electron chi connectivity index (χ0n) is 14.7. The van der Waals surface area contributed by atoms with Crippen LogP contribution in [0.5, 0.6) is 11.5 Å². The number of aryl methyl sites for hydroxylation is 1. The molecule has 0 atom stereocenters. The average molecular weight is 368 g/mol. The van der Waals surface area contributed by atoms with E-state index in [1.165, 1.54) is 0 Å². The molecule has 0 aliphatic carbocycles. The lowest BCUT2D eigenvalue weighted by atomic mass is 10.1. The fourth-order valence-corrected chi connectivity index (χ4v) is 3.22. The van der Waals surface area contributed by atoms with Crippen LogP contribution in [-0.4, -0.2) is 25.1 Å². The van der Waals surface area contributed by atoms with E-state index in [4.69, 9.17) is 9.47 Å². The molecule has 1 aromatic heterocycles. The highest BCUT2D eigenvalue weighted by Gasteiger charge is 2.08. The first-order valence-corrected chi connectivity index (χ1v) is 9.08. The first-order chi connectivity index (χ1) is 12.7. The highest BCUT2D eigenvalue weighted by atomic mass is 32.1. The summed E-state index contributed by atoms with van der Waals surface area (Å²) < 4.78 is 10.5. The van der Waals surface area contributed by atoms with Crippen LogP contribution < -0.4 is 14.8 Å². The van der Waals surface area contributed by atoms with Gasteiger partial charge in [0.25, 0.3) is 0 Å². The van der Waals surface area contributed by atoms with Crippen molar-refractivity contribution in [1.82, 2.24) is 4.98 Å². The van der Waals surface area contributed by atoms with Crippen molar-refractivity contribution < 1.29 is 14.3 Å². The number of nitrogens with zero attached hydrogens (tertiary/aromatic N) is 1. The van der Waals surface area contributed by atoms with Crippen molar-refractivity contribution in [3.05, 3.63) is 59.6 Å². The van der Waals surface area contributed by atoms with Crippen LogP contribution in [0.15, 0.2) is 54.0 Å². The van der Waals surface area contributed by atoms with E-state index in [1.807, 2.05) is 47.8 Å². The first-order valence-electron chi connectivity index (χ1n) is 8.20. The molecule has 0 aliphatic heterocycles. The molecule has 5 nitrogen and oxygen atoms in total. The summed E-state index contributed by atoms with van der Waals surface area (Å²) in [4.78, 5) is 16.5. The number of thiazole rings is 1. The van der Waals surface area contributed by atoms with Crippen molar-refractivity contribution in [2.75, 3.05) is 19.5 Å². The van der Waals surface area contributed by atoms with Crippen molar-refractivity contribution in [1.29, 1.82) is 0 Å². The zero-order chi connectivity index (χ0) is 18.4. The van der Waals surface area contributed by atoms with Crippen LogP contribution in [0, 0.1) is 0 Å². The number of aromatic nitrogens is 1. The third-order valence-corrected chi connectivity index (χ3v) is 4.76. The van der Waals surface area contributed by atoms with E-state index in [9.17, 15) is 4.79 Å². The van der Waals surface area contributed by atoms with Crippen molar-refractivity contribution >= 4 is 22.9 Å².